The minimum absolute atomic E-state index is 0.0639. The first-order chi connectivity index (χ1) is 7.94. The molecule has 0 saturated carbocycles. The number of thioether (sulfide) groups is 1. The van der Waals surface area contributed by atoms with E-state index in [0.29, 0.717) is 17.1 Å². The number of aromatic nitrogens is 3. The molecule has 1 rings (SSSR count). The molecule has 0 bridgehead atoms. The highest BCUT2D eigenvalue weighted by Crippen LogP contribution is 2.30. The van der Waals surface area contributed by atoms with Gasteiger partial charge in [-0.05, 0) is 6.42 Å². The van der Waals surface area contributed by atoms with E-state index in [1.165, 1.54) is 0 Å². The van der Waals surface area contributed by atoms with E-state index in [1.807, 2.05) is 0 Å². The Labute approximate surface area is 107 Å². The second kappa shape index (κ2) is 6.05. The van der Waals surface area contributed by atoms with Gasteiger partial charge in [0.25, 0.3) is 0 Å². The van der Waals surface area contributed by atoms with Gasteiger partial charge in [-0.1, -0.05) is 39.5 Å². The molecule has 0 aliphatic carbocycles. The molecule has 0 spiro atoms. The zero-order valence-electron chi connectivity index (χ0n) is 11.1. The van der Waals surface area contributed by atoms with E-state index >= 15 is 0 Å². The van der Waals surface area contributed by atoms with Gasteiger partial charge in [-0.3, -0.25) is 0 Å². The van der Waals surface area contributed by atoms with Gasteiger partial charge in [-0.25, -0.2) is 0 Å². The molecule has 1 aromatic heterocycles. The van der Waals surface area contributed by atoms with Crippen molar-refractivity contribution in [2.75, 3.05) is 19.0 Å². The van der Waals surface area contributed by atoms with E-state index in [0.717, 1.165) is 13.0 Å². The van der Waals surface area contributed by atoms with Crippen molar-refractivity contribution in [2.24, 2.45) is 0 Å². The molecule has 1 N–H and O–H groups in total. The third kappa shape index (κ3) is 5.21. The lowest BCUT2D eigenvalue weighted by Gasteiger charge is -2.16. The van der Waals surface area contributed by atoms with Gasteiger partial charge in [0, 0.05) is 11.3 Å². The van der Waals surface area contributed by atoms with Crippen molar-refractivity contribution in [2.45, 2.75) is 44.0 Å². The van der Waals surface area contributed by atoms with Crippen molar-refractivity contribution < 1.29 is 4.74 Å². The molecule has 17 heavy (non-hydrogen) atoms. The first-order valence-corrected chi connectivity index (χ1v) is 6.49. The Bertz CT molecular complexity index is 365. The van der Waals surface area contributed by atoms with Gasteiger partial charge in [0.1, 0.15) is 0 Å². The molecule has 0 radical (unpaired) electrons. The summed E-state index contributed by atoms with van der Waals surface area (Å²) < 4.78 is 5.14. The van der Waals surface area contributed by atoms with E-state index in [4.69, 9.17) is 4.74 Å². The summed E-state index contributed by atoms with van der Waals surface area (Å²) in [7, 11) is 1.56. The van der Waals surface area contributed by atoms with Crippen LogP contribution in [-0.4, -0.2) is 33.4 Å². The summed E-state index contributed by atoms with van der Waals surface area (Å²) in [5.41, 5.74) is 0. The van der Waals surface area contributed by atoms with E-state index in [2.05, 4.69) is 48.0 Å². The van der Waals surface area contributed by atoms with Crippen molar-refractivity contribution in [3.8, 4) is 6.01 Å². The van der Waals surface area contributed by atoms with E-state index in [9.17, 15) is 0 Å². The maximum atomic E-state index is 5.07. The fourth-order valence-corrected chi connectivity index (χ4v) is 1.87. The molecular weight excluding hydrogens is 236 g/mol. The van der Waals surface area contributed by atoms with Gasteiger partial charge >= 0.3 is 6.01 Å². The topological polar surface area (TPSA) is 59.9 Å². The molecule has 0 aromatic carbocycles. The largest absolute Gasteiger partial charge is 0.467 e. The lowest BCUT2D eigenvalue weighted by atomic mass is 10.3. The first kappa shape index (κ1) is 14.0. The van der Waals surface area contributed by atoms with Crippen LogP contribution in [0.1, 0.15) is 34.1 Å². The average Bonchev–Trinajstić information content (AvgIpc) is 2.23. The minimum Gasteiger partial charge on any atom is -0.467 e. The molecule has 96 valence electrons. The van der Waals surface area contributed by atoms with Gasteiger partial charge in [-0.2, -0.15) is 15.0 Å². The van der Waals surface area contributed by atoms with Crippen molar-refractivity contribution >= 4 is 17.7 Å². The number of ether oxygens (including phenoxy) is 1. The Morgan fingerprint density at radius 2 is 1.94 bits per heavy atom. The van der Waals surface area contributed by atoms with Crippen LogP contribution in [0.25, 0.3) is 0 Å². The zero-order chi connectivity index (χ0) is 12.9. The maximum absolute atomic E-state index is 5.07. The fraction of sp³-hybridized carbons (Fsp3) is 0.727. The van der Waals surface area contributed by atoms with Crippen LogP contribution in [0.15, 0.2) is 5.16 Å². The monoisotopic (exact) mass is 256 g/mol. The molecule has 5 nitrogen and oxygen atoms in total. The quantitative estimate of drug-likeness (QED) is 0.817. The Hall–Kier alpha value is -1.04. The highest BCUT2D eigenvalue weighted by molar-refractivity contribution is 8.00. The molecule has 0 amide bonds. The number of anilines is 1. The smallest absolute Gasteiger partial charge is 0.321 e. The average molecular weight is 256 g/mol. The van der Waals surface area contributed by atoms with Crippen LogP contribution in [0.5, 0.6) is 6.01 Å². The number of hydrogen-bond donors (Lipinski definition) is 1. The van der Waals surface area contributed by atoms with Crippen LogP contribution in [0.2, 0.25) is 0 Å². The van der Waals surface area contributed by atoms with Gasteiger partial charge in [0.2, 0.25) is 5.95 Å². The third-order valence-electron chi connectivity index (χ3n) is 1.71. The summed E-state index contributed by atoms with van der Waals surface area (Å²) in [6, 6.07) is 0.352. The number of rotatable bonds is 5. The Balaban J connectivity index is 2.88. The van der Waals surface area contributed by atoms with E-state index in [-0.39, 0.29) is 4.75 Å². The number of nitrogens with zero attached hydrogens (tertiary/aromatic N) is 3. The van der Waals surface area contributed by atoms with Crippen molar-refractivity contribution in [1.29, 1.82) is 0 Å². The predicted octanol–water partition coefficient (Wildman–Crippen LogP) is 2.59. The molecule has 1 aromatic rings. The highest BCUT2D eigenvalue weighted by atomic mass is 32.2. The Kier molecular flexibility index (Phi) is 4.99. The summed E-state index contributed by atoms with van der Waals surface area (Å²) in [6.45, 7) is 9.29. The van der Waals surface area contributed by atoms with E-state index in [1.54, 1.807) is 18.9 Å². The van der Waals surface area contributed by atoms with Crippen LogP contribution in [0.4, 0.5) is 5.95 Å². The second-order valence-electron chi connectivity index (χ2n) is 4.57. The van der Waals surface area contributed by atoms with Crippen LogP contribution in [0, 0.1) is 0 Å². The SMILES string of the molecule is CCCNc1nc(OC)nc(SC(C)(C)C)n1. The van der Waals surface area contributed by atoms with Crippen LogP contribution in [0.3, 0.4) is 0 Å². The zero-order valence-corrected chi connectivity index (χ0v) is 11.9. The summed E-state index contributed by atoms with van der Waals surface area (Å²) in [6.07, 6.45) is 1.02. The number of nitrogens with one attached hydrogen (secondary N) is 1. The second-order valence-corrected chi connectivity index (χ2v) is 6.36. The van der Waals surface area contributed by atoms with Gasteiger partial charge in [-0.15, -0.1) is 0 Å². The first-order valence-electron chi connectivity index (χ1n) is 5.67. The minimum atomic E-state index is 0.0639. The molecule has 1 heterocycles. The number of hydrogen-bond acceptors (Lipinski definition) is 6. The number of methoxy groups -OCH3 is 1. The Morgan fingerprint density at radius 1 is 1.24 bits per heavy atom. The van der Waals surface area contributed by atoms with Crippen LogP contribution >= 0.6 is 11.8 Å². The van der Waals surface area contributed by atoms with E-state index < -0.39 is 0 Å². The molecule has 6 heteroatoms. The van der Waals surface area contributed by atoms with Gasteiger partial charge < -0.3 is 10.1 Å². The van der Waals surface area contributed by atoms with Gasteiger partial charge in [0.15, 0.2) is 5.16 Å². The predicted molar refractivity (Wildman–Crippen MR) is 70.8 cm³/mol. The summed E-state index contributed by atoms with van der Waals surface area (Å²) in [5.74, 6) is 0.574. The fourth-order valence-electron chi connectivity index (χ4n) is 1.06. The van der Waals surface area contributed by atoms with Gasteiger partial charge in [0.05, 0.1) is 7.11 Å². The normalized spacial score (nSPS) is 11.4. The van der Waals surface area contributed by atoms with Crippen LogP contribution < -0.4 is 10.1 Å². The standard InChI is InChI=1S/C11H20N4OS/c1-6-7-12-8-13-9(16-5)15-10(14-8)17-11(2,3)4/h6-7H2,1-5H3,(H,12,13,14,15). The summed E-state index contributed by atoms with van der Waals surface area (Å²) in [4.78, 5) is 12.7. The summed E-state index contributed by atoms with van der Waals surface area (Å²) in [5, 5.41) is 3.82. The van der Waals surface area contributed by atoms with Crippen molar-refractivity contribution in [1.82, 2.24) is 15.0 Å². The lowest BCUT2D eigenvalue weighted by molar-refractivity contribution is 0.373. The molecule has 0 aliphatic heterocycles. The van der Waals surface area contributed by atoms with Crippen LogP contribution in [-0.2, 0) is 0 Å². The molecule has 0 fully saturated rings. The lowest BCUT2D eigenvalue weighted by Crippen LogP contribution is -2.11. The third-order valence-corrected chi connectivity index (χ3v) is 2.69. The molecule has 0 aliphatic rings. The van der Waals surface area contributed by atoms with Crippen molar-refractivity contribution in [3.63, 3.8) is 0 Å². The van der Waals surface area contributed by atoms with Crippen molar-refractivity contribution in [3.05, 3.63) is 0 Å². The molecule has 0 saturated heterocycles. The molecule has 0 unspecified atom stereocenters. The highest BCUT2D eigenvalue weighted by Gasteiger charge is 2.16. The summed E-state index contributed by atoms with van der Waals surface area (Å²) >= 11 is 1.60. The molecule has 0 atom stereocenters. The maximum Gasteiger partial charge on any atom is 0.321 e. The molecular formula is C11H20N4OS. The Morgan fingerprint density at radius 3 is 2.47 bits per heavy atom.